The molecule has 0 spiro atoms. The molecular weight excluding hydrogens is 262 g/mol. The fourth-order valence-electron chi connectivity index (χ4n) is 2.71. The molecule has 0 bridgehead atoms. The molecular formula is C14H21NO3S. The van der Waals surface area contributed by atoms with Gasteiger partial charge in [0, 0.05) is 6.04 Å². The second-order valence-corrected chi connectivity index (χ2v) is 7.32. The molecule has 0 amide bonds. The third-order valence-electron chi connectivity index (χ3n) is 4.04. The zero-order valence-corrected chi connectivity index (χ0v) is 12.6. The van der Waals surface area contributed by atoms with Crippen molar-refractivity contribution in [3.05, 3.63) is 23.8 Å². The average Bonchev–Trinajstić information content (AvgIpc) is 2.41. The summed E-state index contributed by atoms with van der Waals surface area (Å²) in [7, 11) is -1.65. The predicted molar refractivity (Wildman–Crippen MR) is 75.2 cm³/mol. The van der Waals surface area contributed by atoms with E-state index in [9.17, 15) is 8.42 Å². The number of sulfone groups is 1. The molecule has 19 heavy (non-hydrogen) atoms. The Morgan fingerprint density at radius 3 is 2.58 bits per heavy atom. The van der Waals surface area contributed by atoms with Gasteiger partial charge < -0.3 is 10.1 Å². The zero-order valence-electron chi connectivity index (χ0n) is 11.8. The fourth-order valence-corrected chi connectivity index (χ4v) is 4.60. The Morgan fingerprint density at radius 1 is 1.32 bits per heavy atom. The summed E-state index contributed by atoms with van der Waals surface area (Å²) in [5.41, 5.74) is 0.826. The lowest BCUT2D eigenvalue weighted by Gasteiger charge is -2.36. The van der Waals surface area contributed by atoms with Crippen LogP contribution in [0.15, 0.2) is 23.1 Å². The van der Waals surface area contributed by atoms with E-state index in [-0.39, 0.29) is 17.2 Å². The van der Waals surface area contributed by atoms with E-state index in [4.69, 9.17) is 4.74 Å². The summed E-state index contributed by atoms with van der Waals surface area (Å²) in [6.45, 7) is 6.61. The molecule has 3 unspecified atom stereocenters. The van der Waals surface area contributed by atoms with Crippen LogP contribution in [0.4, 0.5) is 0 Å². The molecule has 0 saturated carbocycles. The van der Waals surface area contributed by atoms with Crippen LogP contribution in [-0.4, -0.2) is 27.3 Å². The Hall–Kier alpha value is -1.07. The summed E-state index contributed by atoms with van der Waals surface area (Å²) in [6, 6.07) is 5.26. The summed E-state index contributed by atoms with van der Waals surface area (Å²) in [6.07, 6.45) is 0. The third kappa shape index (κ3) is 2.25. The van der Waals surface area contributed by atoms with Crippen molar-refractivity contribution >= 4 is 9.84 Å². The van der Waals surface area contributed by atoms with Crippen molar-refractivity contribution in [3.8, 4) is 5.75 Å². The molecule has 4 nitrogen and oxygen atoms in total. The first-order chi connectivity index (χ1) is 8.93. The van der Waals surface area contributed by atoms with Crippen LogP contribution in [-0.2, 0) is 9.84 Å². The molecule has 3 atom stereocenters. The second-order valence-electron chi connectivity index (χ2n) is 5.05. The van der Waals surface area contributed by atoms with Gasteiger partial charge in [0.25, 0.3) is 0 Å². The van der Waals surface area contributed by atoms with Crippen molar-refractivity contribution in [2.45, 2.75) is 37.0 Å². The largest absolute Gasteiger partial charge is 0.497 e. The lowest BCUT2D eigenvalue weighted by molar-refractivity contribution is 0.360. The van der Waals surface area contributed by atoms with Crippen LogP contribution >= 0.6 is 0 Å². The number of hydrogen-bond acceptors (Lipinski definition) is 4. The molecule has 5 heteroatoms. The topological polar surface area (TPSA) is 55.4 Å². The van der Waals surface area contributed by atoms with E-state index in [1.807, 2.05) is 19.9 Å². The number of fused-ring (bicyclic) bond motifs is 1. The Morgan fingerprint density at radius 2 is 2.00 bits per heavy atom. The lowest BCUT2D eigenvalue weighted by atomic mass is 9.91. The highest BCUT2D eigenvalue weighted by Crippen LogP contribution is 2.41. The van der Waals surface area contributed by atoms with Crippen molar-refractivity contribution in [1.82, 2.24) is 5.32 Å². The molecule has 1 aromatic carbocycles. The third-order valence-corrected chi connectivity index (χ3v) is 6.43. The van der Waals surface area contributed by atoms with Gasteiger partial charge in [-0.25, -0.2) is 8.42 Å². The van der Waals surface area contributed by atoms with Gasteiger partial charge in [0.05, 0.1) is 17.3 Å². The highest BCUT2D eigenvalue weighted by molar-refractivity contribution is 7.92. The van der Waals surface area contributed by atoms with E-state index in [0.29, 0.717) is 10.6 Å². The van der Waals surface area contributed by atoms with Crippen LogP contribution in [0.25, 0.3) is 0 Å². The molecule has 1 aromatic rings. The van der Waals surface area contributed by atoms with E-state index >= 15 is 0 Å². The van der Waals surface area contributed by atoms with Gasteiger partial charge in [-0.2, -0.15) is 0 Å². The quantitative estimate of drug-likeness (QED) is 0.923. The second kappa shape index (κ2) is 5.13. The number of ether oxygens (including phenoxy) is 1. The minimum Gasteiger partial charge on any atom is -0.497 e. The first-order valence-electron chi connectivity index (χ1n) is 6.58. The van der Waals surface area contributed by atoms with Crippen LogP contribution in [0.3, 0.4) is 0 Å². The van der Waals surface area contributed by atoms with Gasteiger partial charge in [-0.15, -0.1) is 0 Å². The Bertz CT molecular complexity index is 568. The minimum absolute atomic E-state index is 0.0320. The normalized spacial score (nSPS) is 28.7. The summed E-state index contributed by atoms with van der Waals surface area (Å²) in [5.74, 6) is 0.725. The van der Waals surface area contributed by atoms with Crippen molar-refractivity contribution in [1.29, 1.82) is 0 Å². The van der Waals surface area contributed by atoms with Crippen LogP contribution in [0.2, 0.25) is 0 Å². The Labute approximate surface area is 115 Å². The SMILES string of the molecule is CCNC1c2cc(OC)ccc2S(=O)(=O)C(C)C1C. The smallest absolute Gasteiger partial charge is 0.181 e. The van der Waals surface area contributed by atoms with Crippen LogP contribution in [0.5, 0.6) is 5.75 Å². The lowest BCUT2D eigenvalue weighted by Crippen LogP contribution is -2.41. The van der Waals surface area contributed by atoms with Gasteiger partial charge in [-0.3, -0.25) is 0 Å². The van der Waals surface area contributed by atoms with Gasteiger partial charge in [0.2, 0.25) is 0 Å². The summed E-state index contributed by atoms with van der Waals surface area (Å²) >= 11 is 0. The van der Waals surface area contributed by atoms with E-state index in [1.54, 1.807) is 26.2 Å². The van der Waals surface area contributed by atoms with Crippen molar-refractivity contribution < 1.29 is 13.2 Å². The molecule has 0 fully saturated rings. The van der Waals surface area contributed by atoms with Crippen LogP contribution in [0.1, 0.15) is 32.4 Å². The number of hydrogen-bond donors (Lipinski definition) is 1. The minimum atomic E-state index is -3.24. The van der Waals surface area contributed by atoms with Crippen molar-refractivity contribution in [2.75, 3.05) is 13.7 Å². The summed E-state index contributed by atoms with van der Waals surface area (Å²) < 4.78 is 30.2. The number of benzene rings is 1. The maximum absolute atomic E-state index is 12.5. The van der Waals surface area contributed by atoms with Gasteiger partial charge in [-0.05, 0) is 43.1 Å². The number of methoxy groups -OCH3 is 1. The van der Waals surface area contributed by atoms with Crippen LogP contribution < -0.4 is 10.1 Å². The Balaban J connectivity index is 2.64. The molecule has 0 saturated heterocycles. The first-order valence-corrected chi connectivity index (χ1v) is 8.13. The molecule has 1 aliphatic rings. The number of nitrogens with one attached hydrogen (secondary N) is 1. The number of rotatable bonds is 3. The van der Waals surface area contributed by atoms with E-state index in [2.05, 4.69) is 5.32 Å². The monoisotopic (exact) mass is 283 g/mol. The van der Waals surface area contributed by atoms with Gasteiger partial charge in [0.15, 0.2) is 9.84 Å². The molecule has 0 aromatic heterocycles. The molecule has 2 rings (SSSR count). The van der Waals surface area contributed by atoms with E-state index in [0.717, 1.165) is 12.1 Å². The molecule has 1 aliphatic heterocycles. The van der Waals surface area contributed by atoms with E-state index in [1.165, 1.54) is 0 Å². The molecule has 1 heterocycles. The maximum Gasteiger partial charge on any atom is 0.181 e. The highest BCUT2D eigenvalue weighted by Gasteiger charge is 2.41. The molecule has 0 radical (unpaired) electrons. The molecule has 1 N–H and O–H groups in total. The summed E-state index contributed by atoms with van der Waals surface area (Å²) in [5, 5.41) is 3.01. The Kier molecular flexibility index (Phi) is 3.87. The van der Waals surface area contributed by atoms with Crippen LogP contribution in [0, 0.1) is 5.92 Å². The zero-order chi connectivity index (χ0) is 14.2. The molecule has 0 aliphatic carbocycles. The molecule has 106 valence electrons. The van der Waals surface area contributed by atoms with Crippen molar-refractivity contribution in [3.63, 3.8) is 0 Å². The van der Waals surface area contributed by atoms with Crippen molar-refractivity contribution in [2.24, 2.45) is 5.92 Å². The maximum atomic E-state index is 12.5. The highest BCUT2D eigenvalue weighted by atomic mass is 32.2. The van der Waals surface area contributed by atoms with Gasteiger partial charge in [0.1, 0.15) is 5.75 Å². The van der Waals surface area contributed by atoms with E-state index < -0.39 is 9.84 Å². The van der Waals surface area contributed by atoms with Gasteiger partial charge >= 0.3 is 0 Å². The standard InChI is InChI=1S/C14H21NO3S/c1-5-15-14-9(2)10(3)19(16,17)13-7-6-11(18-4)8-12(13)14/h6-10,14-15H,5H2,1-4H3. The first kappa shape index (κ1) is 14.3. The fraction of sp³-hybridized carbons (Fsp3) is 0.571. The predicted octanol–water partition coefficient (Wildman–Crippen LogP) is 2.16. The average molecular weight is 283 g/mol. The van der Waals surface area contributed by atoms with Gasteiger partial charge in [-0.1, -0.05) is 13.8 Å². The summed E-state index contributed by atoms with van der Waals surface area (Å²) in [4.78, 5) is 0.435.